The normalized spacial score (nSPS) is 13.5. The van der Waals surface area contributed by atoms with Gasteiger partial charge in [-0.2, -0.15) is 0 Å². The first-order chi connectivity index (χ1) is 8.51. The number of hydrogen-bond acceptors (Lipinski definition) is 4. The van der Waals surface area contributed by atoms with Crippen molar-refractivity contribution in [2.45, 2.75) is 17.9 Å². The highest BCUT2D eigenvalue weighted by atomic mass is 32.2. The summed E-state index contributed by atoms with van der Waals surface area (Å²) in [6.07, 6.45) is -0.297. The SMILES string of the molecule is COCC(CNS(=O)(=O)c1ccccc1C)OC. The number of nitrogens with one attached hydrogen (secondary N) is 1. The van der Waals surface area contributed by atoms with Crippen molar-refractivity contribution in [1.82, 2.24) is 4.72 Å². The Labute approximate surface area is 108 Å². The Morgan fingerprint density at radius 3 is 2.50 bits per heavy atom. The Balaban J connectivity index is 2.74. The van der Waals surface area contributed by atoms with Crippen LogP contribution < -0.4 is 4.72 Å². The van der Waals surface area contributed by atoms with Crippen molar-refractivity contribution in [2.75, 3.05) is 27.4 Å². The maximum Gasteiger partial charge on any atom is 0.240 e. The molecular weight excluding hydrogens is 254 g/mol. The van der Waals surface area contributed by atoms with E-state index in [1.165, 1.54) is 7.11 Å². The van der Waals surface area contributed by atoms with Gasteiger partial charge in [0.15, 0.2) is 0 Å². The molecule has 6 heteroatoms. The van der Waals surface area contributed by atoms with Crippen LogP contribution in [0.4, 0.5) is 0 Å². The van der Waals surface area contributed by atoms with Gasteiger partial charge in [0.05, 0.1) is 17.6 Å². The number of benzene rings is 1. The van der Waals surface area contributed by atoms with Crippen molar-refractivity contribution in [3.05, 3.63) is 29.8 Å². The monoisotopic (exact) mass is 273 g/mol. The molecule has 0 heterocycles. The minimum absolute atomic E-state index is 0.182. The van der Waals surface area contributed by atoms with Gasteiger partial charge in [0.1, 0.15) is 0 Å². The van der Waals surface area contributed by atoms with Gasteiger partial charge in [-0.15, -0.1) is 0 Å². The number of methoxy groups -OCH3 is 2. The second-order valence-electron chi connectivity index (χ2n) is 3.93. The van der Waals surface area contributed by atoms with Crippen molar-refractivity contribution >= 4 is 10.0 Å². The van der Waals surface area contributed by atoms with E-state index in [4.69, 9.17) is 9.47 Å². The molecule has 0 fully saturated rings. The van der Waals surface area contributed by atoms with Crippen LogP contribution in [0, 0.1) is 6.92 Å². The quantitative estimate of drug-likeness (QED) is 0.803. The summed E-state index contributed by atoms with van der Waals surface area (Å²) < 4.78 is 36.7. The molecule has 0 bridgehead atoms. The zero-order valence-corrected chi connectivity index (χ0v) is 11.7. The fraction of sp³-hybridized carbons (Fsp3) is 0.500. The third-order valence-corrected chi connectivity index (χ3v) is 4.15. The van der Waals surface area contributed by atoms with Crippen LogP contribution in [0.15, 0.2) is 29.2 Å². The van der Waals surface area contributed by atoms with Crippen LogP contribution in [0.25, 0.3) is 0 Å². The number of rotatable bonds is 7. The Morgan fingerprint density at radius 1 is 1.28 bits per heavy atom. The molecule has 102 valence electrons. The highest BCUT2D eigenvalue weighted by Crippen LogP contribution is 2.13. The highest BCUT2D eigenvalue weighted by Gasteiger charge is 2.18. The summed E-state index contributed by atoms with van der Waals surface area (Å²) in [4.78, 5) is 0.289. The van der Waals surface area contributed by atoms with Crippen LogP contribution in [0.1, 0.15) is 5.56 Å². The first-order valence-electron chi connectivity index (χ1n) is 5.58. The molecule has 0 amide bonds. The third-order valence-electron chi connectivity index (χ3n) is 2.57. The minimum atomic E-state index is -3.50. The second-order valence-corrected chi connectivity index (χ2v) is 5.67. The molecular formula is C12H19NO4S. The molecule has 1 aromatic rings. The molecule has 0 aliphatic carbocycles. The fourth-order valence-corrected chi connectivity index (χ4v) is 2.84. The van der Waals surface area contributed by atoms with Crippen molar-refractivity contribution in [3.8, 4) is 0 Å². The molecule has 0 spiro atoms. The summed E-state index contributed by atoms with van der Waals surface area (Å²) in [5.41, 5.74) is 0.714. The Hall–Kier alpha value is -0.950. The summed E-state index contributed by atoms with van der Waals surface area (Å²) in [6.45, 7) is 2.28. The van der Waals surface area contributed by atoms with Crippen LogP contribution in [0.3, 0.4) is 0 Å². The molecule has 0 aliphatic heterocycles. The Kier molecular flexibility index (Phi) is 5.74. The van der Waals surface area contributed by atoms with Gasteiger partial charge in [0.2, 0.25) is 10.0 Å². The van der Waals surface area contributed by atoms with Crippen LogP contribution in [0.2, 0.25) is 0 Å². The highest BCUT2D eigenvalue weighted by molar-refractivity contribution is 7.89. The van der Waals surface area contributed by atoms with Gasteiger partial charge in [-0.05, 0) is 18.6 Å². The summed E-state index contributed by atoms with van der Waals surface area (Å²) in [6, 6.07) is 6.84. The smallest absolute Gasteiger partial charge is 0.240 e. The number of ether oxygens (including phenoxy) is 2. The lowest BCUT2D eigenvalue weighted by Crippen LogP contribution is -2.35. The van der Waals surface area contributed by atoms with Gasteiger partial charge in [-0.3, -0.25) is 0 Å². The summed E-state index contributed by atoms with van der Waals surface area (Å²) >= 11 is 0. The zero-order chi connectivity index (χ0) is 13.6. The Bertz CT molecular complexity index is 473. The summed E-state index contributed by atoms with van der Waals surface area (Å²) in [5.74, 6) is 0. The molecule has 18 heavy (non-hydrogen) atoms. The maximum atomic E-state index is 12.1. The van der Waals surface area contributed by atoms with Crippen molar-refractivity contribution in [1.29, 1.82) is 0 Å². The first kappa shape index (κ1) is 15.1. The molecule has 0 radical (unpaired) electrons. The molecule has 5 nitrogen and oxygen atoms in total. The van der Waals surface area contributed by atoms with Gasteiger partial charge in [0, 0.05) is 20.8 Å². The van der Waals surface area contributed by atoms with Gasteiger partial charge in [-0.1, -0.05) is 18.2 Å². The van der Waals surface area contributed by atoms with E-state index in [2.05, 4.69) is 4.72 Å². The van der Waals surface area contributed by atoms with Crippen molar-refractivity contribution in [2.24, 2.45) is 0 Å². The van der Waals surface area contributed by atoms with Crippen molar-refractivity contribution < 1.29 is 17.9 Å². The van der Waals surface area contributed by atoms with Crippen LogP contribution in [-0.2, 0) is 19.5 Å². The summed E-state index contributed by atoms with van der Waals surface area (Å²) in [5, 5.41) is 0. The van der Waals surface area contributed by atoms with E-state index in [1.54, 1.807) is 38.3 Å². The molecule has 1 aromatic carbocycles. The van der Waals surface area contributed by atoms with E-state index in [0.717, 1.165) is 0 Å². The van der Waals surface area contributed by atoms with E-state index >= 15 is 0 Å². The zero-order valence-electron chi connectivity index (χ0n) is 10.8. The third kappa shape index (κ3) is 4.06. The van der Waals surface area contributed by atoms with Crippen LogP contribution in [-0.4, -0.2) is 41.9 Å². The standard InChI is InChI=1S/C12H19NO4S/c1-10-6-4-5-7-12(10)18(14,15)13-8-11(17-3)9-16-2/h4-7,11,13H,8-9H2,1-3H3. The lowest BCUT2D eigenvalue weighted by Gasteiger charge is -2.15. The predicted octanol–water partition coefficient (Wildman–Crippen LogP) is 0.935. The predicted molar refractivity (Wildman–Crippen MR) is 69.0 cm³/mol. The number of hydrogen-bond donors (Lipinski definition) is 1. The number of sulfonamides is 1. The minimum Gasteiger partial charge on any atom is -0.382 e. The van der Waals surface area contributed by atoms with Gasteiger partial charge < -0.3 is 9.47 Å². The number of aryl methyl sites for hydroxylation is 1. The van der Waals surface area contributed by atoms with Crippen molar-refractivity contribution in [3.63, 3.8) is 0 Å². The molecule has 1 N–H and O–H groups in total. The summed E-state index contributed by atoms with van der Waals surface area (Å²) in [7, 11) is -0.437. The maximum absolute atomic E-state index is 12.1. The molecule has 1 unspecified atom stereocenters. The molecule has 0 saturated heterocycles. The van der Waals surface area contributed by atoms with Gasteiger partial charge in [0.25, 0.3) is 0 Å². The molecule has 1 rings (SSSR count). The van der Waals surface area contributed by atoms with Crippen LogP contribution in [0.5, 0.6) is 0 Å². The molecule has 0 saturated carbocycles. The van der Waals surface area contributed by atoms with Crippen LogP contribution >= 0.6 is 0 Å². The first-order valence-corrected chi connectivity index (χ1v) is 7.06. The molecule has 0 aliphatic rings. The second kappa shape index (κ2) is 6.84. The van der Waals surface area contributed by atoms with E-state index in [0.29, 0.717) is 12.2 Å². The largest absolute Gasteiger partial charge is 0.382 e. The van der Waals surface area contributed by atoms with E-state index < -0.39 is 10.0 Å². The van der Waals surface area contributed by atoms with E-state index in [1.807, 2.05) is 0 Å². The van der Waals surface area contributed by atoms with Gasteiger partial charge >= 0.3 is 0 Å². The lowest BCUT2D eigenvalue weighted by molar-refractivity contribution is 0.0320. The van der Waals surface area contributed by atoms with E-state index in [-0.39, 0.29) is 17.5 Å². The average molecular weight is 273 g/mol. The van der Waals surface area contributed by atoms with E-state index in [9.17, 15) is 8.42 Å². The fourth-order valence-electron chi connectivity index (χ4n) is 1.53. The topological polar surface area (TPSA) is 64.6 Å². The molecule has 1 atom stereocenters. The average Bonchev–Trinajstić information content (AvgIpc) is 2.34. The lowest BCUT2D eigenvalue weighted by atomic mass is 10.2. The molecule has 0 aromatic heterocycles. The Morgan fingerprint density at radius 2 is 1.94 bits per heavy atom. The van der Waals surface area contributed by atoms with Gasteiger partial charge in [-0.25, -0.2) is 13.1 Å².